The van der Waals surface area contributed by atoms with Crippen LogP contribution in [-0.4, -0.2) is 31.2 Å². The molecule has 0 bridgehead atoms. The normalized spacial score (nSPS) is 16.6. The Bertz CT molecular complexity index is 434. The van der Waals surface area contributed by atoms with E-state index in [2.05, 4.69) is 11.8 Å². The van der Waals surface area contributed by atoms with E-state index in [0.717, 1.165) is 30.1 Å². The van der Waals surface area contributed by atoms with Crippen LogP contribution in [0.1, 0.15) is 30.9 Å². The largest absolute Gasteiger partial charge is 0.383 e. The summed E-state index contributed by atoms with van der Waals surface area (Å²) in [5.74, 6) is 0.588. The number of halogens is 1. The van der Waals surface area contributed by atoms with Crippen molar-refractivity contribution in [3.63, 3.8) is 0 Å². The predicted octanol–water partition coefficient (Wildman–Crippen LogP) is 2.53. The average Bonchev–Trinajstić information content (AvgIpc) is 3.27. The Labute approximate surface area is 120 Å². The first kappa shape index (κ1) is 15.4. The third-order valence-electron chi connectivity index (χ3n) is 4.22. The Morgan fingerprint density at radius 3 is 2.75 bits per heavy atom. The maximum atomic E-state index is 13.5. The molecule has 2 rings (SSSR count). The van der Waals surface area contributed by atoms with Crippen LogP contribution < -0.4 is 5.73 Å². The summed E-state index contributed by atoms with van der Waals surface area (Å²) in [5.41, 5.74) is 7.78. The average molecular weight is 280 g/mol. The standard InChI is InChI=1S/C16H25FN2O/c1-12(13-3-4-13)19(7-8-20-2)11-15-9-16(17)6-5-14(15)10-18/h5-6,9,12-13H,3-4,7-8,10-11,18H2,1-2H3. The maximum absolute atomic E-state index is 13.5. The van der Waals surface area contributed by atoms with Crippen LogP contribution in [-0.2, 0) is 17.8 Å². The number of hydrogen-bond acceptors (Lipinski definition) is 3. The number of ether oxygens (including phenoxy) is 1. The molecule has 0 spiro atoms. The molecule has 1 saturated carbocycles. The predicted molar refractivity (Wildman–Crippen MR) is 78.8 cm³/mol. The maximum Gasteiger partial charge on any atom is 0.123 e. The highest BCUT2D eigenvalue weighted by Gasteiger charge is 2.32. The van der Waals surface area contributed by atoms with Crippen LogP contribution in [0.25, 0.3) is 0 Å². The summed E-state index contributed by atoms with van der Waals surface area (Å²) in [6, 6.07) is 5.40. The topological polar surface area (TPSA) is 38.5 Å². The number of nitrogens with zero attached hydrogens (tertiary/aromatic N) is 1. The Morgan fingerprint density at radius 2 is 2.15 bits per heavy atom. The quantitative estimate of drug-likeness (QED) is 0.795. The molecule has 20 heavy (non-hydrogen) atoms. The Kier molecular flexibility index (Phi) is 5.52. The number of methoxy groups -OCH3 is 1. The first-order chi connectivity index (χ1) is 9.65. The lowest BCUT2D eigenvalue weighted by Gasteiger charge is -2.29. The molecule has 1 unspecified atom stereocenters. The van der Waals surface area contributed by atoms with Crippen LogP contribution in [0.2, 0.25) is 0 Å². The van der Waals surface area contributed by atoms with Crippen molar-refractivity contribution < 1.29 is 9.13 Å². The van der Waals surface area contributed by atoms with Gasteiger partial charge in [-0.05, 0) is 48.9 Å². The van der Waals surface area contributed by atoms with Gasteiger partial charge in [-0.25, -0.2) is 4.39 Å². The lowest BCUT2D eigenvalue weighted by molar-refractivity contribution is 0.111. The van der Waals surface area contributed by atoms with Crippen molar-refractivity contribution >= 4 is 0 Å². The molecule has 0 aromatic heterocycles. The molecule has 1 aromatic rings. The second-order valence-electron chi connectivity index (χ2n) is 5.66. The van der Waals surface area contributed by atoms with E-state index < -0.39 is 0 Å². The van der Waals surface area contributed by atoms with Gasteiger partial charge in [0.15, 0.2) is 0 Å². The highest BCUT2D eigenvalue weighted by Crippen LogP contribution is 2.35. The van der Waals surface area contributed by atoms with Gasteiger partial charge in [0.1, 0.15) is 5.82 Å². The summed E-state index contributed by atoms with van der Waals surface area (Å²) in [7, 11) is 1.72. The van der Waals surface area contributed by atoms with Gasteiger partial charge in [0, 0.05) is 32.8 Å². The van der Waals surface area contributed by atoms with Gasteiger partial charge in [-0.2, -0.15) is 0 Å². The fourth-order valence-corrected chi connectivity index (χ4v) is 2.67. The summed E-state index contributed by atoms with van der Waals surface area (Å²) in [6.45, 7) is 5.02. The molecule has 3 nitrogen and oxygen atoms in total. The molecule has 112 valence electrons. The second-order valence-corrected chi connectivity index (χ2v) is 5.66. The van der Waals surface area contributed by atoms with Crippen molar-refractivity contribution in [1.82, 2.24) is 4.90 Å². The van der Waals surface area contributed by atoms with Gasteiger partial charge in [-0.15, -0.1) is 0 Å². The van der Waals surface area contributed by atoms with Crippen molar-refractivity contribution in [2.24, 2.45) is 11.7 Å². The first-order valence-corrected chi connectivity index (χ1v) is 7.36. The molecule has 1 aliphatic rings. The van der Waals surface area contributed by atoms with E-state index in [1.165, 1.54) is 18.9 Å². The molecule has 4 heteroatoms. The zero-order valence-electron chi connectivity index (χ0n) is 12.4. The Hall–Kier alpha value is -0.970. The Morgan fingerprint density at radius 1 is 1.40 bits per heavy atom. The fourth-order valence-electron chi connectivity index (χ4n) is 2.67. The molecule has 0 radical (unpaired) electrons. The highest BCUT2D eigenvalue weighted by molar-refractivity contribution is 5.27. The summed E-state index contributed by atoms with van der Waals surface area (Å²) in [5, 5.41) is 0. The van der Waals surface area contributed by atoms with E-state index in [1.54, 1.807) is 19.2 Å². The SMILES string of the molecule is COCCN(Cc1cc(F)ccc1CN)C(C)C1CC1. The molecule has 0 amide bonds. The third kappa shape index (κ3) is 4.01. The number of hydrogen-bond donors (Lipinski definition) is 1. The van der Waals surface area contributed by atoms with Crippen molar-refractivity contribution in [1.29, 1.82) is 0 Å². The molecule has 1 atom stereocenters. The number of benzene rings is 1. The first-order valence-electron chi connectivity index (χ1n) is 7.36. The van der Waals surface area contributed by atoms with E-state index in [-0.39, 0.29) is 5.82 Å². The van der Waals surface area contributed by atoms with Gasteiger partial charge in [0.05, 0.1) is 6.61 Å². The molecule has 0 heterocycles. The zero-order chi connectivity index (χ0) is 14.5. The number of rotatable bonds is 8. The molecule has 2 N–H and O–H groups in total. The van der Waals surface area contributed by atoms with Gasteiger partial charge < -0.3 is 10.5 Å². The second kappa shape index (κ2) is 7.16. The van der Waals surface area contributed by atoms with Crippen LogP contribution >= 0.6 is 0 Å². The number of nitrogens with two attached hydrogens (primary N) is 1. The minimum Gasteiger partial charge on any atom is -0.383 e. The molecule has 0 aliphatic heterocycles. The van der Waals surface area contributed by atoms with E-state index in [0.29, 0.717) is 19.2 Å². The molecule has 0 saturated heterocycles. The third-order valence-corrected chi connectivity index (χ3v) is 4.22. The van der Waals surface area contributed by atoms with Crippen LogP contribution in [0.5, 0.6) is 0 Å². The Balaban J connectivity index is 2.11. The smallest absolute Gasteiger partial charge is 0.123 e. The van der Waals surface area contributed by atoms with Gasteiger partial charge in [0.2, 0.25) is 0 Å². The highest BCUT2D eigenvalue weighted by atomic mass is 19.1. The van der Waals surface area contributed by atoms with Gasteiger partial charge in [-0.1, -0.05) is 6.07 Å². The minimum atomic E-state index is -0.192. The van der Waals surface area contributed by atoms with E-state index in [9.17, 15) is 4.39 Å². The fraction of sp³-hybridized carbons (Fsp3) is 0.625. The molecule has 1 aliphatic carbocycles. The molecule has 1 fully saturated rings. The lowest BCUT2D eigenvalue weighted by Crippen LogP contribution is -2.37. The van der Waals surface area contributed by atoms with Crippen molar-refractivity contribution in [3.8, 4) is 0 Å². The van der Waals surface area contributed by atoms with Crippen LogP contribution in [0, 0.1) is 11.7 Å². The van der Waals surface area contributed by atoms with Gasteiger partial charge in [0.25, 0.3) is 0 Å². The van der Waals surface area contributed by atoms with Crippen molar-refractivity contribution in [2.45, 2.75) is 38.9 Å². The molecular weight excluding hydrogens is 255 g/mol. The zero-order valence-corrected chi connectivity index (χ0v) is 12.4. The van der Waals surface area contributed by atoms with Crippen LogP contribution in [0.15, 0.2) is 18.2 Å². The molecular formula is C16H25FN2O. The summed E-state index contributed by atoms with van der Waals surface area (Å²) < 4.78 is 18.7. The van der Waals surface area contributed by atoms with Crippen LogP contribution in [0.4, 0.5) is 4.39 Å². The monoisotopic (exact) mass is 280 g/mol. The lowest BCUT2D eigenvalue weighted by atomic mass is 10.0. The summed E-state index contributed by atoms with van der Waals surface area (Å²) in [4.78, 5) is 2.38. The van der Waals surface area contributed by atoms with Crippen molar-refractivity contribution in [2.75, 3.05) is 20.3 Å². The van der Waals surface area contributed by atoms with E-state index in [4.69, 9.17) is 10.5 Å². The van der Waals surface area contributed by atoms with Gasteiger partial charge >= 0.3 is 0 Å². The van der Waals surface area contributed by atoms with E-state index >= 15 is 0 Å². The van der Waals surface area contributed by atoms with E-state index in [1.807, 2.05) is 0 Å². The molecule has 1 aromatic carbocycles. The van der Waals surface area contributed by atoms with Crippen LogP contribution in [0.3, 0.4) is 0 Å². The summed E-state index contributed by atoms with van der Waals surface area (Å²) in [6.07, 6.45) is 2.61. The summed E-state index contributed by atoms with van der Waals surface area (Å²) >= 11 is 0. The van der Waals surface area contributed by atoms with Crippen molar-refractivity contribution in [3.05, 3.63) is 35.1 Å². The minimum absolute atomic E-state index is 0.192. The van der Waals surface area contributed by atoms with Gasteiger partial charge in [-0.3, -0.25) is 4.90 Å².